The van der Waals surface area contributed by atoms with Gasteiger partial charge in [-0.15, -0.1) is 5.10 Å². The maximum absolute atomic E-state index is 13.0. The third-order valence-electron chi connectivity index (χ3n) is 5.65. The Hall–Kier alpha value is -3.13. The Morgan fingerprint density at radius 3 is 2.46 bits per heavy atom. The maximum Gasteiger partial charge on any atom is 0.351 e. The summed E-state index contributed by atoms with van der Waals surface area (Å²) < 4.78 is 3.31. The van der Waals surface area contributed by atoms with Crippen LogP contribution >= 0.6 is 0 Å². The lowest BCUT2D eigenvalue weighted by atomic mass is 9.98. The van der Waals surface area contributed by atoms with Crippen molar-refractivity contribution in [3.05, 3.63) is 82.0 Å². The van der Waals surface area contributed by atoms with Crippen molar-refractivity contribution < 1.29 is 0 Å². The predicted octanol–water partition coefficient (Wildman–Crippen LogP) is 3.12. The molecule has 1 saturated carbocycles. The van der Waals surface area contributed by atoms with Gasteiger partial charge in [-0.1, -0.05) is 42.5 Å². The van der Waals surface area contributed by atoms with Crippen molar-refractivity contribution in [3.8, 4) is 11.8 Å². The highest BCUT2D eigenvalue weighted by atomic mass is 16.2. The first-order valence-electron chi connectivity index (χ1n) is 8.99. The largest absolute Gasteiger partial charge is 0.351 e. The van der Waals surface area contributed by atoms with Gasteiger partial charge >= 0.3 is 5.69 Å². The van der Waals surface area contributed by atoms with E-state index in [-0.39, 0.29) is 17.1 Å². The molecular weight excluding hydrogens is 324 g/mol. The molecule has 5 rings (SSSR count). The molecule has 3 aromatic rings. The summed E-state index contributed by atoms with van der Waals surface area (Å²) in [5.41, 5.74) is 2.53. The number of hydrogen-bond donors (Lipinski definition) is 0. The zero-order valence-electron chi connectivity index (χ0n) is 14.3. The summed E-state index contributed by atoms with van der Waals surface area (Å²) in [6.45, 7) is 0. The molecule has 1 aromatic heterocycles. The van der Waals surface area contributed by atoms with Crippen LogP contribution in [0, 0.1) is 11.3 Å². The van der Waals surface area contributed by atoms with Crippen molar-refractivity contribution in [1.82, 2.24) is 14.3 Å². The molecule has 128 valence electrons. The highest BCUT2D eigenvalue weighted by Crippen LogP contribution is 2.47. The van der Waals surface area contributed by atoms with Crippen LogP contribution in [0.25, 0.3) is 5.69 Å². The molecule has 0 spiro atoms. The van der Waals surface area contributed by atoms with Crippen LogP contribution < -0.4 is 5.69 Å². The molecule has 1 fully saturated rings. The van der Waals surface area contributed by atoms with Gasteiger partial charge in [-0.2, -0.15) is 9.94 Å². The van der Waals surface area contributed by atoms with Gasteiger partial charge in [0.05, 0.1) is 23.2 Å². The molecule has 2 aromatic carbocycles. The van der Waals surface area contributed by atoms with E-state index in [2.05, 4.69) is 23.3 Å². The van der Waals surface area contributed by atoms with E-state index in [0.717, 1.165) is 48.3 Å². The molecule has 5 heteroatoms. The Labute approximate surface area is 151 Å². The zero-order chi connectivity index (χ0) is 17.7. The van der Waals surface area contributed by atoms with Gasteiger partial charge in [-0.05, 0) is 42.5 Å². The van der Waals surface area contributed by atoms with E-state index in [0.29, 0.717) is 0 Å². The van der Waals surface area contributed by atoms with Gasteiger partial charge in [0.1, 0.15) is 5.82 Å². The van der Waals surface area contributed by atoms with Crippen LogP contribution in [-0.4, -0.2) is 14.3 Å². The Morgan fingerprint density at radius 2 is 1.81 bits per heavy atom. The molecule has 5 nitrogen and oxygen atoms in total. The van der Waals surface area contributed by atoms with E-state index in [9.17, 15) is 10.1 Å². The fourth-order valence-corrected chi connectivity index (χ4v) is 3.97. The van der Waals surface area contributed by atoms with Crippen molar-refractivity contribution in [2.45, 2.75) is 37.1 Å². The fourth-order valence-electron chi connectivity index (χ4n) is 3.97. The summed E-state index contributed by atoms with van der Waals surface area (Å²) in [6.07, 6.45) is 3.55. The molecule has 26 heavy (non-hydrogen) atoms. The second-order valence-corrected chi connectivity index (χ2v) is 7.19. The third kappa shape index (κ3) is 2.15. The smallest absolute Gasteiger partial charge is 0.271 e. The van der Waals surface area contributed by atoms with Gasteiger partial charge in [-0.25, -0.2) is 4.79 Å². The third-order valence-corrected chi connectivity index (χ3v) is 5.65. The van der Waals surface area contributed by atoms with Crippen LogP contribution in [0.15, 0.2) is 59.4 Å². The molecule has 2 heterocycles. The van der Waals surface area contributed by atoms with E-state index >= 15 is 0 Å². The Kier molecular flexibility index (Phi) is 3.17. The molecule has 0 bridgehead atoms. The van der Waals surface area contributed by atoms with E-state index in [1.54, 1.807) is 0 Å². The standard InChI is InChI=1S/C21H18N4O/c22-14-21(12-13-21)16-6-8-17(9-7-16)25-20(26)24-18(10-11-19(24)23-25)15-4-2-1-3-5-15/h1-9,18H,10-13H2/t18-/m0/s1. The second-order valence-electron chi connectivity index (χ2n) is 7.19. The van der Waals surface area contributed by atoms with E-state index in [4.69, 9.17) is 0 Å². The van der Waals surface area contributed by atoms with Gasteiger partial charge in [0.25, 0.3) is 0 Å². The number of nitrogens with zero attached hydrogens (tertiary/aromatic N) is 4. The minimum Gasteiger partial charge on any atom is -0.271 e. The number of fused-ring (bicyclic) bond motifs is 1. The van der Waals surface area contributed by atoms with Gasteiger partial charge in [0.15, 0.2) is 0 Å². The van der Waals surface area contributed by atoms with Crippen molar-refractivity contribution in [1.29, 1.82) is 5.26 Å². The van der Waals surface area contributed by atoms with Crippen molar-refractivity contribution in [3.63, 3.8) is 0 Å². The molecule has 0 radical (unpaired) electrons. The Bertz CT molecular complexity index is 1070. The normalized spacial score (nSPS) is 19.7. The number of aromatic nitrogens is 3. The zero-order valence-corrected chi connectivity index (χ0v) is 14.3. The average molecular weight is 342 g/mol. The maximum atomic E-state index is 13.0. The number of benzene rings is 2. The van der Waals surface area contributed by atoms with E-state index < -0.39 is 0 Å². The molecule has 0 amide bonds. The minimum absolute atomic E-state index is 0.0556. The number of nitriles is 1. The minimum atomic E-state index is -0.308. The highest BCUT2D eigenvalue weighted by molar-refractivity contribution is 5.43. The summed E-state index contributed by atoms with van der Waals surface area (Å²) in [5.74, 6) is 0.837. The summed E-state index contributed by atoms with van der Waals surface area (Å²) in [5, 5.41) is 13.9. The lowest BCUT2D eigenvalue weighted by Crippen LogP contribution is -2.26. The van der Waals surface area contributed by atoms with Crippen LogP contribution in [0.5, 0.6) is 0 Å². The molecule has 1 atom stereocenters. The van der Waals surface area contributed by atoms with Crippen LogP contribution in [0.1, 0.15) is 42.3 Å². The SMILES string of the molecule is N#CC1(c2ccc(-n3nc4n(c3=O)[C@H](c3ccccc3)CC4)cc2)CC1. The molecule has 0 N–H and O–H groups in total. The average Bonchev–Trinajstić information content (AvgIpc) is 3.28. The van der Waals surface area contributed by atoms with E-state index in [1.165, 1.54) is 4.68 Å². The first-order valence-corrected chi connectivity index (χ1v) is 8.99. The summed E-state index contributed by atoms with van der Waals surface area (Å²) in [7, 11) is 0. The number of rotatable bonds is 3. The number of aryl methyl sites for hydroxylation is 1. The Balaban J connectivity index is 1.53. The fraction of sp³-hybridized carbons (Fsp3) is 0.286. The lowest BCUT2D eigenvalue weighted by Gasteiger charge is -2.12. The van der Waals surface area contributed by atoms with Gasteiger partial charge in [-0.3, -0.25) is 4.57 Å². The number of hydrogen-bond acceptors (Lipinski definition) is 3. The summed E-state index contributed by atoms with van der Waals surface area (Å²) in [6, 6.07) is 20.3. The first kappa shape index (κ1) is 15.2. The quantitative estimate of drug-likeness (QED) is 0.734. The lowest BCUT2D eigenvalue weighted by molar-refractivity contribution is 0.588. The molecule has 1 aliphatic carbocycles. The monoisotopic (exact) mass is 342 g/mol. The molecule has 0 saturated heterocycles. The van der Waals surface area contributed by atoms with Gasteiger partial charge in [0.2, 0.25) is 0 Å². The van der Waals surface area contributed by atoms with Crippen molar-refractivity contribution in [2.24, 2.45) is 0 Å². The topological polar surface area (TPSA) is 63.6 Å². The molecule has 0 unspecified atom stereocenters. The molecule has 2 aliphatic rings. The van der Waals surface area contributed by atoms with Crippen molar-refractivity contribution >= 4 is 0 Å². The molecule has 1 aliphatic heterocycles. The van der Waals surface area contributed by atoms with E-state index in [1.807, 2.05) is 47.0 Å². The summed E-state index contributed by atoms with van der Waals surface area (Å²) in [4.78, 5) is 13.0. The molecular formula is C21H18N4O. The van der Waals surface area contributed by atoms with Crippen LogP contribution in [0.4, 0.5) is 0 Å². The summed E-state index contributed by atoms with van der Waals surface area (Å²) >= 11 is 0. The van der Waals surface area contributed by atoms with Gasteiger partial charge < -0.3 is 0 Å². The van der Waals surface area contributed by atoms with Crippen LogP contribution in [-0.2, 0) is 11.8 Å². The highest BCUT2D eigenvalue weighted by Gasteiger charge is 2.44. The van der Waals surface area contributed by atoms with Crippen molar-refractivity contribution in [2.75, 3.05) is 0 Å². The predicted molar refractivity (Wildman–Crippen MR) is 97.3 cm³/mol. The Morgan fingerprint density at radius 1 is 1.08 bits per heavy atom. The first-order chi connectivity index (χ1) is 12.7. The van der Waals surface area contributed by atoms with Crippen LogP contribution in [0.3, 0.4) is 0 Å². The van der Waals surface area contributed by atoms with Gasteiger partial charge in [0, 0.05) is 6.42 Å². The van der Waals surface area contributed by atoms with Crippen LogP contribution in [0.2, 0.25) is 0 Å². The second kappa shape index (κ2) is 5.43.